The van der Waals surface area contributed by atoms with E-state index in [-0.39, 0.29) is 5.41 Å². The van der Waals surface area contributed by atoms with Crippen LogP contribution in [-0.4, -0.2) is 16.3 Å². The predicted molar refractivity (Wildman–Crippen MR) is 80.1 cm³/mol. The molecule has 0 amide bonds. The van der Waals surface area contributed by atoms with Gasteiger partial charge < -0.3 is 5.73 Å². The van der Waals surface area contributed by atoms with E-state index in [0.717, 1.165) is 6.42 Å². The summed E-state index contributed by atoms with van der Waals surface area (Å²) in [5, 5.41) is 4.34. The highest BCUT2D eigenvalue weighted by Crippen LogP contribution is 2.27. The Balaban J connectivity index is 2.38. The smallest absolute Gasteiger partial charge is 0.0571 e. The lowest BCUT2D eigenvalue weighted by atomic mass is 9.86. The second-order valence-electron chi connectivity index (χ2n) is 5.99. The lowest BCUT2D eigenvalue weighted by Gasteiger charge is -2.19. The van der Waals surface area contributed by atoms with Crippen molar-refractivity contribution >= 4 is 0 Å². The monoisotopic (exact) mass is 257 g/mol. The number of aryl methyl sites for hydroxylation is 1. The van der Waals surface area contributed by atoms with E-state index in [9.17, 15) is 0 Å². The summed E-state index contributed by atoms with van der Waals surface area (Å²) in [4.78, 5) is 0. The van der Waals surface area contributed by atoms with Gasteiger partial charge in [-0.15, -0.1) is 0 Å². The van der Waals surface area contributed by atoms with E-state index in [1.807, 2.05) is 17.9 Å². The Bertz CT molecular complexity index is 544. The first-order valence-corrected chi connectivity index (χ1v) is 6.75. The zero-order chi connectivity index (χ0) is 14.0. The Morgan fingerprint density at radius 3 is 2.32 bits per heavy atom. The number of hydrogen-bond acceptors (Lipinski definition) is 2. The molecule has 0 unspecified atom stereocenters. The molecular formula is C16H23N3. The van der Waals surface area contributed by atoms with Gasteiger partial charge in [0, 0.05) is 24.7 Å². The molecule has 0 fully saturated rings. The van der Waals surface area contributed by atoms with Gasteiger partial charge in [0.2, 0.25) is 0 Å². The summed E-state index contributed by atoms with van der Waals surface area (Å²) in [6.45, 7) is 7.33. The minimum atomic E-state index is 0.188. The molecule has 2 aromatic rings. The van der Waals surface area contributed by atoms with E-state index >= 15 is 0 Å². The van der Waals surface area contributed by atoms with Crippen LogP contribution in [-0.2, 0) is 18.9 Å². The molecule has 3 heteroatoms. The molecule has 0 radical (unpaired) electrons. The van der Waals surface area contributed by atoms with Gasteiger partial charge in [-0.2, -0.15) is 5.10 Å². The molecule has 2 N–H and O–H groups in total. The molecule has 102 valence electrons. The minimum Gasteiger partial charge on any atom is -0.330 e. The van der Waals surface area contributed by atoms with Crippen LogP contribution in [0.5, 0.6) is 0 Å². The van der Waals surface area contributed by atoms with Crippen molar-refractivity contribution in [1.82, 2.24) is 9.78 Å². The third kappa shape index (κ3) is 2.87. The van der Waals surface area contributed by atoms with Gasteiger partial charge in [0.05, 0.1) is 6.20 Å². The molecule has 3 nitrogen and oxygen atoms in total. The van der Waals surface area contributed by atoms with Gasteiger partial charge in [0.1, 0.15) is 0 Å². The van der Waals surface area contributed by atoms with E-state index < -0.39 is 0 Å². The molecule has 0 saturated carbocycles. The van der Waals surface area contributed by atoms with Crippen molar-refractivity contribution < 1.29 is 0 Å². The normalized spacial score (nSPS) is 11.8. The average molecular weight is 257 g/mol. The van der Waals surface area contributed by atoms with E-state index in [1.54, 1.807) is 0 Å². The summed E-state index contributed by atoms with van der Waals surface area (Å²) < 4.78 is 1.92. The fraction of sp³-hybridized carbons (Fsp3) is 0.438. The Hall–Kier alpha value is -1.61. The maximum atomic E-state index is 5.68. The van der Waals surface area contributed by atoms with Crippen LogP contribution in [0.3, 0.4) is 0 Å². The predicted octanol–water partition coefficient (Wildman–Crippen LogP) is 2.89. The summed E-state index contributed by atoms with van der Waals surface area (Å²) >= 11 is 0. The van der Waals surface area contributed by atoms with Crippen LogP contribution in [0.4, 0.5) is 0 Å². The Kier molecular flexibility index (Phi) is 3.76. The van der Waals surface area contributed by atoms with E-state index in [0.29, 0.717) is 6.54 Å². The Morgan fingerprint density at radius 1 is 1.16 bits per heavy atom. The first-order valence-electron chi connectivity index (χ1n) is 6.75. The molecule has 0 aliphatic carbocycles. The van der Waals surface area contributed by atoms with E-state index in [2.05, 4.69) is 50.1 Å². The second-order valence-corrected chi connectivity index (χ2v) is 5.99. The second kappa shape index (κ2) is 5.17. The van der Waals surface area contributed by atoms with Crippen LogP contribution in [0.1, 0.15) is 32.0 Å². The molecule has 0 aliphatic heterocycles. The number of hydrogen-bond donors (Lipinski definition) is 1. The maximum Gasteiger partial charge on any atom is 0.0571 e. The third-order valence-electron chi connectivity index (χ3n) is 3.50. The largest absolute Gasteiger partial charge is 0.330 e. The number of rotatable bonds is 3. The lowest BCUT2D eigenvalue weighted by molar-refractivity contribution is 0.590. The molecule has 0 spiro atoms. The van der Waals surface area contributed by atoms with Crippen molar-refractivity contribution in [3.63, 3.8) is 0 Å². The molecule has 19 heavy (non-hydrogen) atoms. The van der Waals surface area contributed by atoms with E-state index in [4.69, 9.17) is 5.73 Å². The summed E-state index contributed by atoms with van der Waals surface area (Å²) in [5.41, 5.74) is 10.8. The highest BCUT2D eigenvalue weighted by Gasteiger charge is 2.14. The summed E-state index contributed by atoms with van der Waals surface area (Å²) in [7, 11) is 1.97. The van der Waals surface area contributed by atoms with Gasteiger partial charge in [0.15, 0.2) is 0 Å². The molecule has 1 heterocycles. The van der Waals surface area contributed by atoms with Crippen LogP contribution >= 0.6 is 0 Å². The fourth-order valence-corrected chi connectivity index (χ4v) is 2.29. The molecule has 1 aromatic carbocycles. The van der Waals surface area contributed by atoms with Crippen LogP contribution in [0.25, 0.3) is 11.1 Å². The number of nitrogens with zero attached hydrogens (tertiary/aromatic N) is 2. The topological polar surface area (TPSA) is 43.8 Å². The molecule has 0 aliphatic rings. The number of aromatic nitrogens is 2. The van der Waals surface area contributed by atoms with Gasteiger partial charge in [-0.1, -0.05) is 45.0 Å². The molecule has 0 atom stereocenters. The molecule has 1 aromatic heterocycles. The molecule has 2 rings (SSSR count). The highest BCUT2D eigenvalue weighted by molar-refractivity contribution is 5.66. The molecular weight excluding hydrogens is 234 g/mol. The molecule has 0 saturated heterocycles. The first-order chi connectivity index (χ1) is 8.93. The average Bonchev–Trinajstić information content (AvgIpc) is 2.71. The number of benzene rings is 1. The Morgan fingerprint density at radius 2 is 1.79 bits per heavy atom. The van der Waals surface area contributed by atoms with E-state index in [1.165, 1.54) is 22.4 Å². The zero-order valence-corrected chi connectivity index (χ0v) is 12.3. The van der Waals surface area contributed by atoms with Crippen molar-refractivity contribution in [1.29, 1.82) is 0 Å². The van der Waals surface area contributed by atoms with Gasteiger partial charge in [-0.25, -0.2) is 0 Å². The minimum absolute atomic E-state index is 0.188. The van der Waals surface area contributed by atoms with Crippen LogP contribution in [0.2, 0.25) is 0 Å². The van der Waals surface area contributed by atoms with Crippen molar-refractivity contribution in [3.05, 3.63) is 41.7 Å². The fourth-order valence-electron chi connectivity index (χ4n) is 2.29. The summed E-state index contributed by atoms with van der Waals surface area (Å²) in [5.74, 6) is 0. The zero-order valence-electron chi connectivity index (χ0n) is 12.3. The van der Waals surface area contributed by atoms with Crippen molar-refractivity contribution in [3.8, 4) is 11.1 Å². The highest BCUT2D eigenvalue weighted by atomic mass is 15.3. The number of nitrogens with two attached hydrogens (primary N) is 1. The van der Waals surface area contributed by atoms with Gasteiger partial charge >= 0.3 is 0 Å². The van der Waals surface area contributed by atoms with Gasteiger partial charge in [0.25, 0.3) is 0 Å². The lowest BCUT2D eigenvalue weighted by Crippen LogP contribution is -2.10. The van der Waals surface area contributed by atoms with Crippen LogP contribution in [0, 0.1) is 0 Å². The van der Waals surface area contributed by atoms with Gasteiger partial charge in [-0.3, -0.25) is 4.68 Å². The first kappa shape index (κ1) is 13.8. The maximum absolute atomic E-state index is 5.68. The summed E-state index contributed by atoms with van der Waals surface area (Å²) in [6.07, 6.45) is 2.78. The quantitative estimate of drug-likeness (QED) is 0.919. The third-order valence-corrected chi connectivity index (χ3v) is 3.50. The SMILES string of the molecule is Cn1ncc(-c2ccc(C(C)(C)C)cc2)c1CCN. The van der Waals surface area contributed by atoms with Gasteiger partial charge in [-0.05, 0) is 23.1 Å². The standard InChI is InChI=1S/C16H23N3/c1-16(2,3)13-7-5-12(6-8-13)14-11-18-19(4)15(14)9-10-17/h5-8,11H,9-10,17H2,1-4H3. The molecule has 0 bridgehead atoms. The summed E-state index contributed by atoms with van der Waals surface area (Å²) in [6, 6.07) is 8.76. The van der Waals surface area contributed by atoms with Crippen molar-refractivity contribution in [2.45, 2.75) is 32.6 Å². The van der Waals surface area contributed by atoms with Crippen LogP contribution in [0.15, 0.2) is 30.5 Å². The van der Waals surface area contributed by atoms with Crippen molar-refractivity contribution in [2.24, 2.45) is 12.8 Å². The van der Waals surface area contributed by atoms with Crippen molar-refractivity contribution in [2.75, 3.05) is 6.54 Å². The van der Waals surface area contributed by atoms with Crippen LogP contribution < -0.4 is 5.73 Å². The Labute approximate surface area is 115 Å².